The average Bonchev–Trinajstić information content (AvgIpc) is 2.95. The van der Waals surface area contributed by atoms with Crippen LogP contribution in [0.5, 0.6) is 5.75 Å². The summed E-state index contributed by atoms with van der Waals surface area (Å²) in [5, 5.41) is 0. The Morgan fingerprint density at radius 3 is 2.53 bits per heavy atom. The molecule has 0 saturated heterocycles. The third-order valence-electron chi connectivity index (χ3n) is 3.06. The maximum atomic E-state index is 12.2. The molecule has 1 aliphatic rings. The van der Waals surface area contributed by atoms with Crippen molar-refractivity contribution >= 4 is 0 Å². The Balaban J connectivity index is 2.18. The van der Waals surface area contributed by atoms with Gasteiger partial charge in [0.15, 0.2) is 0 Å². The number of rotatable bonds is 3. The standard InChI is InChI=1S/C12H14F3NO/c1-7(16)9-6-10(9)8-4-2-3-5-11(8)17-12(13,14)15/h2-5,7,9-10H,6,16H2,1H3/t7-,9-,10-/m1/s1. The van der Waals surface area contributed by atoms with Gasteiger partial charge < -0.3 is 10.5 Å². The summed E-state index contributed by atoms with van der Waals surface area (Å²) in [5.41, 5.74) is 6.34. The van der Waals surface area contributed by atoms with Gasteiger partial charge in [-0.25, -0.2) is 0 Å². The molecule has 0 aromatic heterocycles. The Labute approximate surface area is 97.6 Å². The number of para-hydroxylation sites is 1. The molecule has 2 rings (SSSR count). The monoisotopic (exact) mass is 245 g/mol. The Bertz CT molecular complexity index is 403. The van der Waals surface area contributed by atoms with Crippen LogP contribution in [0.1, 0.15) is 24.8 Å². The molecule has 1 aliphatic carbocycles. The van der Waals surface area contributed by atoms with E-state index in [2.05, 4.69) is 4.74 Å². The summed E-state index contributed by atoms with van der Waals surface area (Å²) in [6.07, 6.45) is -3.81. The summed E-state index contributed by atoms with van der Waals surface area (Å²) in [6, 6.07) is 6.27. The van der Waals surface area contributed by atoms with E-state index in [1.165, 1.54) is 12.1 Å². The van der Waals surface area contributed by atoms with E-state index in [0.29, 0.717) is 5.56 Å². The van der Waals surface area contributed by atoms with Crippen molar-refractivity contribution in [3.8, 4) is 5.75 Å². The molecule has 0 bridgehead atoms. The van der Waals surface area contributed by atoms with Crippen LogP contribution < -0.4 is 10.5 Å². The van der Waals surface area contributed by atoms with Crippen LogP contribution in [0.3, 0.4) is 0 Å². The average molecular weight is 245 g/mol. The fourth-order valence-electron chi connectivity index (χ4n) is 2.16. The molecular weight excluding hydrogens is 231 g/mol. The zero-order valence-corrected chi connectivity index (χ0v) is 9.37. The highest BCUT2D eigenvalue weighted by Gasteiger charge is 2.43. The van der Waals surface area contributed by atoms with Crippen LogP contribution in [-0.4, -0.2) is 12.4 Å². The van der Waals surface area contributed by atoms with E-state index in [1.807, 2.05) is 6.92 Å². The van der Waals surface area contributed by atoms with Gasteiger partial charge in [-0.2, -0.15) is 0 Å². The second-order valence-electron chi connectivity index (χ2n) is 4.45. The lowest BCUT2D eigenvalue weighted by Crippen LogP contribution is -2.19. The molecule has 0 amide bonds. The Morgan fingerprint density at radius 1 is 1.35 bits per heavy atom. The van der Waals surface area contributed by atoms with Crippen molar-refractivity contribution in [1.29, 1.82) is 0 Å². The van der Waals surface area contributed by atoms with E-state index >= 15 is 0 Å². The maximum Gasteiger partial charge on any atom is 0.573 e. The molecule has 5 heteroatoms. The second kappa shape index (κ2) is 4.22. The largest absolute Gasteiger partial charge is 0.573 e. The Kier molecular flexibility index (Phi) is 3.03. The molecule has 1 saturated carbocycles. The van der Waals surface area contributed by atoms with Crippen LogP contribution in [0, 0.1) is 5.92 Å². The lowest BCUT2D eigenvalue weighted by atomic mass is 10.1. The van der Waals surface area contributed by atoms with E-state index in [9.17, 15) is 13.2 Å². The van der Waals surface area contributed by atoms with Crippen LogP contribution in [0.15, 0.2) is 24.3 Å². The van der Waals surface area contributed by atoms with Crippen molar-refractivity contribution < 1.29 is 17.9 Å². The summed E-state index contributed by atoms with van der Waals surface area (Å²) in [7, 11) is 0. The van der Waals surface area contributed by atoms with Crippen molar-refractivity contribution in [2.75, 3.05) is 0 Å². The Hall–Kier alpha value is -1.23. The van der Waals surface area contributed by atoms with Crippen LogP contribution in [0.25, 0.3) is 0 Å². The van der Waals surface area contributed by atoms with E-state index in [1.54, 1.807) is 12.1 Å². The van der Waals surface area contributed by atoms with Gasteiger partial charge in [0.05, 0.1) is 0 Å². The molecular formula is C12H14F3NO. The normalized spacial score (nSPS) is 25.5. The van der Waals surface area contributed by atoms with Crippen molar-refractivity contribution in [1.82, 2.24) is 0 Å². The molecule has 2 nitrogen and oxygen atoms in total. The van der Waals surface area contributed by atoms with Crippen LogP contribution in [0.2, 0.25) is 0 Å². The van der Waals surface area contributed by atoms with E-state index < -0.39 is 6.36 Å². The van der Waals surface area contributed by atoms with Crippen molar-refractivity contribution in [2.24, 2.45) is 11.7 Å². The maximum absolute atomic E-state index is 12.2. The number of benzene rings is 1. The van der Waals surface area contributed by atoms with Crippen LogP contribution >= 0.6 is 0 Å². The van der Waals surface area contributed by atoms with E-state index in [-0.39, 0.29) is 23.6 Å². The van der Waals surface area contributed by atoms with Crippen LogP contribution in [-0.2, 0) is 0 Å². The minimum Gasteiger partial charge on any atom is -0.405 e. The fourth-order valence-corrected chi connectivity index (χ4v) is 2.16. The summed E-state index contributed by atoms with van der Waals surface area (Å²) >= 11 is 0. The molecule has 2 N–H and O–H groups in total. The zero-order chi connectivity index (χ0) is 12.6. The van der Waals surface area contributed by atoms with Gasteiger partial charge in [0.2, 0.25) is 0 Å². The molecule has 94 valence electrons. The van der Waals surface area contributed by atoms with Crippen molar-refractivity contribution in [2.45, 2.75) is 31.7 Å². The Morgan fingerprint density at radius 2 is 2.00 bits per heavy atom. The number of hydrogen-bond donors (Lipinski definition) is 1. The highest BCUT2D eigenvalue weighted by Crippen LogP contribution is 2.52. The molecule has 0 aliphatic heterocycles. The minimum atomic E-state index is -4.64. The number of alkyl halides is 3. The first kappa shape index (κ1) is 12.2. The van der Waals surface area contributed by atoms with Gasteiger partial charge in [-0.3, -0.25) is 0 Å². The molecule has 1 aromatic rings. The lowest BCUT2D eigenvalue weighted by Gasteiger charge is -2.13. The van der Waals surface area contributed by atoms with Crippen molar-refractivity contribution in [3.05, 3.63) is 29.8 Å². The first-order valence-corrected chi connectivity index (χ1v) is 5.49. The quantitative estimate of drug-likeness (QED) is 0.888. The highest BCUT2D eigenvalue weighted by molar-refractivity contribution is 5.40. The molecule has 17 heavy (non-hydrogen) atoms. The molecule has 3 atom stereocenters. The highest BCUT2D eigenvalue weighted by atomic mass is 19.4. The number of halogens is 3. The number of ether oxygens (including phenoxy) is 1. The van der Waals surface area contributed by atoms with Crippen LogP contribution in [0.4, 0.5) is 13.2 Å². The van der Waals surface area contributed by atoms with Gasteiger partial charge in [-0.05, 0) is 36.8 Å². The smallest absolute Gasteiger partial charge is 0.405 e. The van der Waals surface area contributed by atoms with Gasteiger partial charge in [-0.1, -0.05) is 18.2 Å². The molecule has 0 spiro atoms. The summed E-state index contributed by atoms with van der Waals surface area (Å²) in [5.74, 6) is 0.245. The molecule has 1 fully saturated rings. The summed E-state index contributed by atoms with van der Waals surface area (Å²) in [6.45, 7) is 1.87. The van der Waals surface area contributed by atoms with Gasteiger partial charge in [0.25, 0.3) is 0 Å². The molecule has 0 unspecified atom stereocenters. The molecule has 1 aromatic carbocycles. The number of nitrogens with two attached hydrogens (primary N) is 1. The van der Waals surface area contributed by atoms with Gasteiger partial charge in [0.1, 0.15) is 5.75 Å². The predicted octanol–water partition coefficient (Wildman–Crippen LogP) is 3.04. The topological polar surface area (TPSA) is 35.2 Å². The zero-order valence-electron chi connectivity index (χ0n) is 9.37. The third-order valence-corrected chi connectivity index (χ3v) is 3.06. The van der Waals surface area contributed by atoms with Gasteiger partial charge in [0, 0.05) is 6.04 Å². The first-order valence-electron chi connectivity index (χ1n) is 5.49. The SMILES string of the molecule is C[C@@H](N)[C@H]1C[C@@H]1c1ccccc1OC(F)(F)F. The lowest BCUT2D eigenvalue weighted by molar-refractivity contribution is -0.274. The summed E-state index contributed by atoms with van der Waals surface area (Å²) < 4.78 is 40.7. The molecule has 0 radical (unpaired) electrons. The minimum absolute atomic E-state index is 0.000979. The van der Waals surface area contributed by atoms with Gasteiger partial charge in [-0.15, -0.1) is 13.2 Å². The predicted molar refractivity (Wildman–Crippen MR) is 57.6 cm³/mol. The first-order chi connectivity index (χ1) is 7.88. The fraction of sp³-hybridized carbons (Fsp3) is 0.500. The summed E-state index contributed by atoms with van der Waals surface area (Å²) in [4.78, 5) is 0. The van der Waals surface area contributed by atoms with E-state index in [0.717, 1.165) is 6.42 Å². The number of hydrogen-bond acceptors (Lipinski definition) is 2. The molecule has 0 heterocycles. The van der Waals surface area contributed by atoms with Gasteiger partial charge >= 0.3 is 6.36 Å². The second-order valence-corrected chi connectivity index (χ2v) is 4.45. The third kappa shape index (κ3) is 2.91. The van der Waals surface area contributed by atoms with Crippen molar-refractivity contribution in [3.63, 3.8) is 0 Å². The van der Waals surface area contributed by atoms with E-state index in [4.69, 9.17) is 5.73 Å².